The van der Waals surface area contributed by atoms with Gasteiger partial charge in [0.25, 0.3) is 17.4 Å². The Hall–Kier alpha value is -8.47. The number of carbonyl (C=O) groups is 8. The molecule has 0 saturated heterocycles. The SMILES string of the molecule is CC.Cc1c(F)cc2nc3c(c4c2c1CCC4(C)COCCOCNC(=O)CNC(=O)C(Cc1ccccc1)NC(=O)CNC(=O)CNC(=O)CCc1ccc(N2C(=O)C=CC2=O)cc1)Cn1c-3cc2c(c1=O)COC(=O)C2O. The first-order chi connectivity index (χ1) is 38.0. The first-order valence-electron chi connectivity index (χ1n) is 26.0. The number of aliphatic hydroxyl groups excluding tert-OH is 1. The Morgan fingerprint density at radius 1 is 0.823 bits per heavy atom. The number of aliphatic hydroxyl groups is 1. The lowest BCUT2D eigenvalue weighted by atomic mass is 9.69. The lowest BCUT2D eigenvalue weighted by molar-refractivity contribution is -0.157. The molecule has 0 bridgehead atoms. The molecule has 5 aromatic rings. The maximum Gasteiger partial charge on any atom is 0.340 e. The van der Waals surface area contributed by atoms with Crippen molar-refractivity contribution in [2.45, 2.75) is 90.5 Å². The fourth-order valence-corrected chi connectivity index (χ4v) is 10.1. The molecular formula is C57H61FN8O13. The second kappa shape index (κ2) is 24.9. The predicted octanol–water partition coefficient (Wildman–Crippen LogP) is 2.44. The number of nitrogens with zero attached hydrogens (tertiary/aromatic N) is 3. The Morgan fingerprint density at radius 3 is 2.23 bits per heavy atom. The molecule has 0 spiro atoms. The highest BCUT2D eigenvalue weighted by Gasteiger charge is 2.42. The van der Waals surface area contributed by atoms with Crippen molar-refractivity contribution >= 4 is 63.9 Å². The van der Waals surface area contributed by atoms with Crippen molar-refractivity contribution in [2.24, 2.45) is 0 Å². The summed E-state index contributed by atoms with van der Waals surface area (Å²) in [7, 11) is 0. The Morgan fingerprint density at radius 2 is 1.49 bits per heavy atom. The number of cyclic esters (lactones) is 1. The van der Waals surface area contributed by atoms with Crippen molar-refractivity contribution < 1.29 is 62.1 Å². The van der Waals surface area contributed by atoms with Crippen LogP contribution in [0.4, 0.5) is 10.1 Å². The number of rotatable bonds is 21. The molecule has 3 unspecified atom stereocenters. The summed E-state index contributed by atoms with van der Waals surface area (Å²) >= 11 is 0. The smallest absolute Gasteiger partial charge is 0.340 e. The number of imide groups is 1. The Labute approximate surface area is 453 Å². The molecule has 414 valence electrons. The third-order valence-corrected chi connectivity index (χ3v) is 14.2. The average Bonchev–Trinajstić information content (AvgIpc) is 3.41. The van der Waals surface area contributed by atoms with Crippen LogP contribution in [-0.2, 0) is 90.4 Å². The first-order valence-corrected chi connectivity index (χ1v) is 26.0. The van der Waals surface area contributed by atoms with Crippen molar-refractivity contribution in [3.05, 3.63) is 140 Å². The van der Waals surface area contributed by atoms with E-state index >= 15 is 4.39 Å². The third-order valence-electron chi connectivity index (χ3n) is 14.2. The fourth-order valence-electron chi connectivity index (χ4n) is 10.1. The van der Waals surface area contributed by atoms with E-state index < -0.39 is 95.9 Å². The van der Waals surface area contributed by atoms with Crippen LogP contribution in [0.2, 0.25) is 0 Å². The molecule has 4 aliphatic rings. The highest BCUT2D eigenvalue weighted by atomic mass is 19.1. The molecule has 79 heavy (non-hydrogen) atoms. The third kappa shape index (κ3) is 12.6. The molecule has 3 aromatic carbocycles. The molecule has 3 atom stereocenters. The number of amides is 7. The average molecular weight is 1090 g/mol. The van der Waals surface area contributed by atoms with Crippen LogP contribution in [0.1, 0.15) is 84.2 Å². The van der Waals surface area contributed by atoms with Crippen LogP contribution in [0.5, 0.6) is 0 Å². The van der Waals surface area contributed by atoms with Gasteiger partial charge >= 0.3 is 5.97 Å². The topological polar surface area (TPSA) is 283 Å². The number of halogens is 1. The number of ether oxygens (including phenoxy) is 3. The number of aryl methyl sites for hydroxylation is 2. The van der Waals surface area contributed by atoms with E-state index in [0.29, 0.717) is 53.0 Å². The van der Waals surface area contributed by atoms with E-state index in [2.05, 4.69) is 26.6 Å². The zero-order chi connectivity index (χ0) is 56.5. The first kappa shape index (κ1) is 56.7. The number of pyridine rings is 2. The van der Waals surface area contributed by atoms with Gasteiger partial charge in [0, 0.05) is 53.0 Å². The van der Waals surface area contributed by atoms with Gasteiger partial charge in [-0.2, -0.15) is 0 Å². The second-order valence-corrected chi connectivity index (χ2v) is 19.4. The lowest BCUT2D eigenvalue weighted by Crippen LogP contribution is -2.52. The molecule has 2 aromatic heterocycles. The largest absolute Gasteiger partial charge is 0.458 e. The molecule has 5 heterocycles. The minimum Gasteiger partial charge on any atom is -0.458 e. The maximum absolute atomic E-state index is 15.4. The van der Waals surface area contributed by atoms with Crippen molar-refractivity contribution in [3.63, 3.8) is 0 Å². The summed E-state index contributed by atoms with van der Waals surface area (Å²) in [6.07, 6.45) is 2.32. The maximum atomic E-state index is 15.4. The molecular weight excluding hydrogens is 1020 g/mol. The van der Waals surface area contributed by atoms with Crippen LogP contribution in [0.3, 0.4) is 0 Å². The number of fused-ring (bicyclic) bond motifs is 5. The van der Waals surface area contributed by atoms with Crippen molar-refractivity contribution in [1.82, 2.24) is 36.1 Å². The van der Waals surface area contributed by atoms with Crippen LogP contribution in [0.25, 0.3) is 22.3 Å². The number of esters is 1. The molecule has 0 saturated carbocycles. The van der Waals surface area contributed by atoms with Crippen LogP contribution >= 0.6 is 0 Å². The zero-order valence-corrected chi connectivity index (χ0v) is 44.1. The molecule has 9 rings (SSSR count). The minimum absolute atomic E-state index is 0.0391. The highest BCUT2D eigenvalue weighted by molar-refractivity contribution is 6.28. The Kier molecular flexibility index (Phi) is 17.9. The van der Waals surface area contributed by atoms with Gasteiger partial charge in [-0.1, -0.05) is 63.2 Å². The van der Waals surface area contributed by atoms with Gasteiger partial charge in [-0.15, -0.1) is 0 Å². The van der Waals surface area contributed by atoms with E-state index in [9.17, 15) is 48.3 Å². The van der Waals surface area contributed by atoms with Gasteiger partial charge in [0.1, 0.15) is 25.2 Å². The number of hydrogen-bond donors (Lipinski definition) is 6. The number of benzene rings is 3. The molecule has 6 N–H and O–H groups in total. The molecule has 7 amide bonds. The van der Waals surface area contributed by atoms with Gasteiger partial charge in [-0.3, -0.25) is 38.4 Å². The van der Waals surface area contributed by atoms with Crippen molar-refractivity contribution in [1.29, 1.82) is 0 Å². The van der Waals surface area contributed by atoms with Gasteiger partial charge in [0.15, 0.2) is 6.10 Å². The molecule has 22 heteroatoms. The predicted molar refractivity (Wildman–Crippen MR) is 284 cm³/mol. The normalized spacial score (nSPS) is 16.9. The molecule has 0 radical (unpaired) electrons. The quantitative estimate of drug-likeness (QED) is 0.0262. The summed E-state index contributed by atoms with van der Waals surface area (Å²) in [4.78, 5) is 120. The lowest BCUT2D eigenvalue weighted by Gasteiger charge is -2.37. The summed E-state index contributed by atoms with van der Waals surface area (Å²) < 4.78 is 33.8. The fraction of sp³-hybridized carbons (Fsp3) is 0.368. The van der Waals surface area contributed by atoms with Gasteiger partial charge in [-0.25, -0.2) is 19.1 Å². The summed E-state index contributed by atoms with van der Waals surface area (Å²) in [6, 6.07) is 17.3. The Bertz CT molecular complexity index is 3310. The molecule has 1 aliphatic carbocycles. The van der Waals surface area contributed by atoms with Crippen LogP contribution in [-0.4, -0.2) is 114 Å². The highest BCUT2D eigenvalue weighted by Crippen LogP contribution is 2.48. The van der Waals surface area contributed by atoms with E-state index in [0.717, 1.165) is 32.5 Å². The molecule has 21 nitrogen and oxygen atoms in total. The van der Waals surface area contributed by atoms with E-state index in [1.807, 2.05) is 20.8 Å². The number of aromatic nitrogens is 2. The zero-order valence-electron chi connectivity index (χ0n) is 44.1. The number of anilines is 1. The molecule has 0 fully saturated rings. The number of carbonyl (C=O) groups excluding carboxylic acids is 8. The van der Waals surface area contributed by atoms with Crippen LogP contribution < -0.4 is 37.0 Å². The van der Waals surface area contributed by atoms with Gasteiger partial charge in [0.05, 0.1) is 74.2 Å². The van der Waals surface area contributed by atoms with E-state index in [-0.39, 0.29) is 63.7 Å². The van der Waals surface area contributed by atoms with Gasteiger partial charge in [0.2, 0.25) is 29.5 Å². The second-order valence-electron chi connectivity index (χ2n) is 19.4. The summed E-state index contributed by atoms with van der Waals surface area (Å²) in [5.74, 6) is -5.14. The summed E-state index contributed by atoms with van der Waals surface area (Å²) in [5.41, 5.74) is 5.50. The van der Waals surface area contributed by atoms with Crippen molar-refractivity contribution in [2.75, 3.05) is 51.1 Å². The summed E-state index contributed by atoms with van der Waals surface area (Å²) in [6.45, 7) is 6.55. The van der Waals surface area contributed by atoms with E-state index in [1.165, 1.54) is 18.2 Å². The van der Waals surface area contributed by atoms with E-state index in [1.54, 1.807) is 72.2 Å². The van der Waals surface area contributed by atoms with E-state index in [4.69, 9.17) is 19.2 Å². The minimum atomic E-state index is -1.62. The standard InChI is InChI=1S/C55H55FN8O13.C2H6/c1-30-34-16-17-55(2,49-36-26-63-41(50(36)62-39(48(34)49)22-38(30)56)21-35-37(53(63)73)27-77-54(74)51(35)71)28-75-18-19-76-29-60-44(67)24-59-52(72)40(20-32-6-4-3-5-7-32)61-45(68)25-58-43(66)23-57-42(65)13-10-31-8-11-33(12-9-31)64-46(69)14-15-47(64)70;1-2/h3-9,11-12,14-15,21-22,40,51,71H,10,13,16-20,23-29H2,1-2H3,(H,57,65)(H,58,66)(H,59,72)(H,60,67)(H,61,68);1-2H3. The van der Waals surface area contributed by atoms with Gasteiger partial charge < -0.3 is 50.5 Å². The van der Waals surface area contributed by atoms with Crippen molar-refractivity contribution in [3.8, 4) is 11.4 Å². The van der Waals surface area contributed by atoms with Crippen LogP contribution in [0, 0.1) is 12.7 Å². The number of hydrogen-bond acceptors (Lipinski definition) is 14. The van der Waals surface area contributed by atoms with Gasteiger partial charge in [-0.05, 0) is 72.2 Å². The Balaban J connectivity index is 0.00000406. The summed E-state index contributed by atoms with van der Waals surface area (Å²) in [5, 5.41) is 24.0. The monoisotopic (exact) mass is 1080 g/mol. The van der Waals surface area contributed by atoms with Crippen LogP contribution in [0.15, 0.2) is 83.7 Å². The number of nitrogens with one attached hydrogen (secondary N) is 5. The molecule has 3 aliphatic heterocycles.